The van der Waals surface area contributed by atoms with E-state index < -0.39 is 18.9 Å². The maximum Gasteiger partial charge on any atom is 0.559 e. The van der Waals surface area contributed by atoms with E-state index in [1.807, 2.05) is 0 Å². The quantitative estimate of drug-likeness (QED) is 0.542. The minimum Gasteiger partial charge on any atom is -0.297 e. The van der Waals surface area contributed by atoms with Gasteiger partial charge in [0.05, 0.1) is 0 Å². The Hall–Kier alpha value is -0.680. The molecule has 0 aromatic heterocycles. The second-order valence-corrected chi connectivity index (χ2v) is 1.26. The number of rotatable bonds is 1. The Morgan fingerprint density at radius 3 is 1.40 bits per heavy atom. The third kappa shape index (κ3) is 168. The number of carbonyl (C=O) groups is 1. The number of Topliss-reactive ketones (excluding diaryl/α,β-unsaturated/α-hetero) is 1. The van der Waals surface area contributed by atoms with Crippen LogP contribution in [-0.4, -0.2) is 18.9 Å². The van der Waals surface area contributed by atoms with Gasteiger partial charge < -0.3 is 0 Å². The Labute approximate surface area is 53.8 Å². The predicted octanol–water partition coefficient (Wildman–Crippen LogP) is 2.02. The summed E-state index contributed by atoms with van der Waals surface area (Å²) in [5.74, 6) is -0.412. The summed E-state index contributed by atoms with van der Waals surface area (Å²) in [6.45, 7) is 0.375. The maximum atomic E-state index is 10.8. The van der Waals surface area contributed by atoms with E-state index in [1.54, 1.807) is 0 Å². The average molecular weight is 164 g/mol. The molecule has 0 heterocycles. The van der Waals surface area contributed by atoms with Crippen molar-refractivity contribution in [2.75, 3.05) is 6.67 Å². The molecular weight excluding hydrogens is 159 g/mol. The summed E-state index contributed by atoms with van der Waals surface area (Å²) in [5.41, 5.74) is 0. The van der Waals surface area contributed by atoms with Crippen molar-refractivity contribution in [1.29, 1.82) is 0 Å². The fourth-order valence-electron chi connectivity index (χ4n) is 0. The first-order chi connectivity index (χ1) is 4.27. The first kappa shape index (κ1) is 12.0. The molecule has 0 aromatic carbocycles. The van der Waals surface area contributed by atoms with Gasteiger partial charge in [-0.1, -0.05) is 0 Å². The molecule has 0 unspecified atom stereocenters. The number of ketones is 1. The maximum absolute atomic E-state index is 10.8. The summed E-state index contributed by atoms with van der Waals surface area (Å²) in [4.78, 5) is 9.44. The van der Waals surface area contributed by atoms with Gasteiger partial charge in [0.25, 0.3) is 0 Å². The van der Waals surface area contributed by atoms with Crippen LogP contribution in [0.5, 0.6) is 0 Å². The minimum atomic E-state index is -5.50. The molecule has 0 spiro atoms. The lowest BCUT2D eigenvalue weighted by Crippen LogP contribution is -1.92. The van der Waals surface area contributed by atoms with Crippen LogP contribution in [0.15, 0.2) is 0 Å². The molecule has 0 bridgehead atoms. The summed E-state index contributed by atoms with van der Waals surface area (Å²) in [5, 5.41) is 0. The molecule has 0 saturated carbocycles. The smallest absolute Gasteiger partial charge is 0.297 e. The number of halogens is 5. The normalized spacial score (nSPS) is 9.80. The predicted molar refractivity (Wildman–Crippen MR) is 23.8 cm³/mol. The second kappa shape index (κ2) is 5.13. The van der Waals surface area contributed by atoms with Gasteiger partial charge in [-0.3, -0.25) is 4.79 Å². The first-order valence-corrected chi connectivity index (χ1v) is 2.08. The zero-order chi connectivity index (χ0) is 8.78. The lowest BCUT2D eigenvalue weighted by atomic mass is 10.5. The molecule has 10 heavy (non-hydrogen) atoms. The zero-order valence-corrected chi connectivity index (χ0v) is 5.01. The van der Waals surface area contributed by atoms with Crippen molar-refractivity contribution in [2.24, 2.45) is 0 Å². The largest absolute Gasteiger partial charge is 0.559 e. The van der Waals surface area contributed by atoms with Gasteiger partial charge in [0, 0.05) is 0 Å². The Bertz CT molecular complexity index is 90.3. The number of hydrogen-bond donors (Lipinski definition) is 0. The van der Waals surface area contributed by atoms with E-state index in [0.29, 0.717) is 0 Å². The van der Waals surface area contributed by atoms with Crippen molar-refractivity contribution in [3.63, 3.8) is 0 Å². The highest BCUT2D eigenvalue weighted by atomic mass is 19.5. The molecule has 0 aromatic rings. The highest BCUT2D eigenvalue weighted by molar-refractivity contribution is 5.76. The van der Waals surface area contributed by atoms with E-state index >= 15 is 0 Å². The standard InChI is InChI=1S/C3H5FO.CF4/c1-3(5)2-4;2-1(3,4)5/h2H2,1H3;. The highest BCUT2D eigenvalue weighted by Gasteiger charge is 2.24. The van der Waals surface area contributed by atoms with E-state index in [9.17, 15) is 26.7 Å². The average Bonchev–Trinajstić information content (AvgIpc) is 1.61. The van der Waals surface area contributed by atoms with E-state index in [4.69, 9.17) is 0 Å². The summed E-state index contributed by atoms with van der Waals surface area (Å²) in [7, 11) is 0. The minimum absolute atomic E-state index is 0.412. The van der Waals surface area contributed by atoms with Crippen LogP contribution >= 0.6 is 0 Å². The van der Waals surface area contributed by atoms with Crippen molar-refractivity contribution in [2.45, 2.75) is 13.4 Å². The van der Waals surface area contributed by atoms with Crippen molar-refractivity contribution in [3.8, 4) is 0 Å². The van der Waals surface area contributed by atoms with Gasteiger partial charge in [-0.25, -0.2) is 4.39 Å². The van der Waals surface area contributed by atoms with Crippen molar-refractivity contribution < 1.29 is 26.7 Å². The molecule has 0 N–H and O–H groups in total. The molecule has 62 valence electrons. The molecule has 0 fully saturated rings. The lowest BCUT2D eigenvalue weighted by molar-refractivity contribution is -0.237. The van der Waals surface area contributed by atoms with E-state index in [0.717, 1.165) is 0 Å². The van der Waals surface area contributed by atoms with Gasteiger partial charge >= 0.3 is 6.43 Å². The summed E-state index contributed by atoms with van der Waals surface area (Å²) in [6, 6.07) is 0. The van der Waals surface area contributed by atoms with Crippen LogP contribution in [-0.2, 0) is 4.79 Å². The van der Waals surface area contributed by atoms with Gasteiger partial charge in [0.1, 0.15) is 6.67 Å². The third-order valence-electron chi connectivity index (χ3n) is 0.188. The number of carbonyl (C=O) groups excluding carboxylic acids is 1. The summed E-state index contributed by atoms with van der Waals surface area (Å²) >= 11 is 0. The van der Waals surface area contributed by atoms with Crippen LogP contribution in [0.1, 0.15) is 6.92 Å². The second-order valence-electron chi connectivity index (χ2n) is 1.26. The van der Waals surface area contributed by atoms with Gasteiger partial charge in [0.2, 0.25) is 0 Å². The molecule has 0 amide bonds. The van der Waals surface area contributed by atoms with Crippen molar-refractivity contribution >= 4 is 5.78 Å². The molecular formula is C4H5F5O. The zero-order valence-electron chi connectivity index (χ0n) is 5.01. The van der Waals surface area contributed by atoms with Crippen LogP contribution in [0.25, 0.3) is 0 Å². The molecule has 0 aliphatic rings. The van der Waals surface area contributed by atoms with Crippen LogP contribution in [0.3, 0.4) is 0 Å². The molecule has 0 rings (SSSR count). The van der Waals surface area contributed by atoms with Crippen LogP contribution in [0, 0.1) is 0 Å². The van der Waals surface area contributed by atoms with Crippen LogP contribution in [0.4, 0.5) is 22.0 Å². The Morgan fingerprint density at radius 2 is 1.40 bits per heavy atom. The van der Waals surface area contributed by atoms with Gasteiger partial charge in [-0.15, -0.1) is 17.6 Å². The monoisotopic (exact) mass is 164 g/mol. The van der Waals surface area contributed by atoms with E-state index in [-0.39, 0.29) is 0 Å². The fourth-order valence-corrected chi connectivity index (χ4v) is 0. The Balaban J connectivity index is 0. The molecule has 0 aliphatic carbocycles. The topological polar surface area (TPSA) is 17.1 Å². The number of alkyl halides is 5. The Kier molecular flexibility index (Phi) is 6.18. The SMILES string of the molecule is CC(=O)CF.FC(F)(F)F. The van der Waals surface area contributed by atoms with Gasteiger partial charge in [-0.05, 0) is 6.92 Å². The van der Waals surface area contributed by atoms with E-state index in [2.05, 4.69) is 0 Å². The molecule has 0 aliphatic heterocycles. The van der Waals surface area contributed by atoms with Gasteiger partial charge in [0.15, 0.2) is 5.78 Å². The van der Waals surface area contributed by atoms with Crippen molar-refractivity contribution in [1.82, 2.24) is 0 Å². The fraction of sp³-hybridized carbons (Fsp3) is 0.750. The van der Waals surface area contributed by atoms with Crippen LogP contribution in [0.2, 0.25) is 0 Å². The number of hydrogen-bond acceptors (Lipinski definition) is 1. The molecule has 6 heteroatoms. The lowest BCUT2D eigenvalue weighted by Gasteiger charge is -1.82. The van der Waals surface area contributed by atoms with Crippen molar-refractivity contribution in [3.05, 3.63) is 0 Å². The first-order valence-electron chi connectivity index (χ1n) is 2.08. The highest BCUT2D eigenvalue weighted by Crippen LogP contribution is 2.13. The summed E-state index contributed by atoms with van der Waals surface area (Å²) in [6.07, 6.45) is -5.50. The van der Waals surface area contributed by atoms with E-state index in [1.165, 1.54) is 6.92 Å². The molecule has 0 atom stereocenters. The van der Waals surface area contributed by atoms with Crippen LogP contribution < -0.4 is 0 Å². The Morgan fingerprint density at radius 1 is 1.30 bits per heavy atom. The molecule has 1 nitrogen and oxygen atoms in total. The molecule has 0 saturated heterocycles. The summed E-state index contributed by atoms with van der Waals surface area (Å²) < 4.78 is 49.5. The third-order valence-corrected chi connectivity index (χ3v) is 0.188. The molecule has 0 radical (unpaired) electrons. The van der Waals surface area contributed by atoms with Gasteiger partial charge in [-0.2, -0.15) is 0 Å².